The van der Waals surface area contributed by atoms with Crippen LogP contribution in [0.1, 0.15) is 12.0 Å². The molecule has 5 nitrogen and oxygen atoms in total. The molecule has 1 aliphatic rings. The first kappa shape index (κ1) is 15.3. The quantitative estimate of drug-likeness (QED) is 0.800. The summed E-state index contributed by atoms with van der Waals surface area (Å²) >= 11 is 0. The number of hydrogen-bond acceptors (Lipinski definition) is 5. The van der Waals surface area contributed by atoms with Gasteiger partial charge in [0.15, 0.2) is 9.84 Å². The lowest BCUT2D eigenvalue weighted by Crippen LogP contribution is -2.38. The highest BCUT2D eigenvalue weighted by molar-refractivity contribution is 7.91. The van der Waals surface area contributed by atoms with Crippen LogP contribution in [0.25, 0.3) is 0 Å². The summed E-state index contributed by atoms with van der Waals surface area (Å²) in [5.41, 5.74) is 1.02. The Morgan fingerprint density at radius 1 is 1.45 bits per heavy atom. The summed E-state index contributed by atoms with van der Waals surface area (Å²) in [5, 5.41) is 12.9. The van der Waals surface area contributed by atoms with Crippen molar-refractivity contribution in [1.82, 2.24) is 5.32 Å². The van der Waals surface area contributed by atoms with Crippen molar-refractivity contribution in [2.24, 2.45) is 0 Å². The van der Waals surface area contributed by atoms with E-state index >= 15 is 0 Å². The van der Waals surface area contributed by atoms with E-state index in [4.69, 9.17) is 4.74 Å². The van der Waals surface area contributed by atoms with Crippen LogP contribution in [0.4, 0.5) is 0 Å². The Bertz CT molecular complexity index is 544. The normalized spacial score (nSPS) is 22.6. The van der Waals surface area contributed by atoms with E-state index in [9.17, 15) is 13.5 Å². The zero-order valence-electron chi connectivity index (χ0n) is 11.6. The molecule has 1 aromatic carbocycles. The molecule has 0 aliphatic carbocycles. The third-order valence-corrected chi connectivity index (χ3v) is 5.17. The molecule has 0 radical (unpaired) electrons. The van der Waals surface area contributed by atoms with Gasteiger partial charge in [-0.3, -0.25) is 0 Å². The second kappa shape index (κ2) is 6.56. The van der Waals surface area contributed by atoms with E-state index < -0.39 is 15.9 Å². The fourth-order valence-electron chi connectivity index (χ4n) is 2.22. The minimum Gasteiger partial charge on any atom is -0.491 e. The molecule has 2 unspecified atom stereocenters. The van der Waals surface area contributed by atoms with Gasteiger partial charge in [0.25, 0.3) is 0 Å². The van der Waals surface area contributed by atoms with E-state index in [2.05, 4.69) is 5.32 Å². The molecule has 0 bridgehead atoms. The number of para-hydroxylation sites is 1. The molecule has 0 saturated carbocycles. The van der Waals surface area contributed by atoms with E-state index in [1.54, 1.807) is 0 Å². The molecule has 1 heterocycles. The number of aliphatic hydroxyl groups excluding tert-OH is 1. The number of aliphatic hydroxyl groups is 1. The predicted octanol–water partition coefficient (Wildman–Crippen LogP) is 0.511. The van der Waals surface area contributed by atoms with Crippen LogP contribution in [-0.2, 0) is 9.84 Å². The van der Waals surface area contributed by atoms with E-state index in [0.29, 0.717) is 13.0 Å². The molecule has 20 heavy (non-hydrogen) atoms. The van der Waals surface area contributed by atoms with Crippen LogP contribution >= 0.6 is 0 Å². The summed E-state index contributed by atoms with van der Waals surface area (Å²) in [6, 6.07) is 7.58. The Balaban J connectivity index is 1.71. The summed E-state index contributed by atoms with van der Waals surface area (Å²) in [5.74, 6) is 1.16. The molecule has 0 spiro atoms. The predicted molar refractivity (Wildman–Crippen MR) is 77.7 cm³/mol. The summed E-state index contributed by atoms with van der Waals surface area (Å²) in [4.78, 5) is 0. The molecule has 1 aliphatic heterocycles. The van der Waals surface area contributed by atoms with Gasteiger partial charge in [-0.1, -0.05) is 18.2 Å². The first-order chi connectivity index (χ1) is 9.46. The maximum absolute atomic E-state index is 11.3. The van der Waals surface area contributed by atoms with E-state index in [-0.39, 0.29) is 24.2 Å². The average Bonchev–Trinajstić information content (AvgIpc) is 2.75. The Morgan fingerprint density at radius 2 is 2.20 bits per heavy atom. The minimum absolute atomic E-state index is 0.0480. The summed E-state index contributed by atoms with van der Waals surface area (Å²) in [6.07, 6.45) is -0.0360. The lowest BCUT2D eigenvalue weighted by molar-refractivity contribution is 0.104. The van der Waals surface area contributed by atoms with Gasteiger partial charge < -0.3 is 15.2 Å². The third kappa shape index (κ3) is 4.47. The Labute approximate surface area is 119 Å². The van der Waals surface area contributed by atoms with Gasteiger partial charge in [0.1, 0.15) is 18.5 Å². The molecule has 112 valence electrons. The highest BCUT2D eigenvalue weighted by Crippen LogP contribution is 2.16. The number of nitrogens with one attached hydrogen (secondary N) is 1. The molecule has 2 rings (SSSR count). The van der Waals surface area contributed by atoms with Crippen LogP contribution in [0.2, 0.25) is 0 Å². The van der Waals surface area contributed by atoms with E-state index in [1.165, 1.54) is 0 Å². The summed E-state index contributed by atoms with van der Waals surface area (Å²) in [7, 11) is -2.88. The van der Waals surface area contributed by atoms with E-state index in [0.717, 1.165) is 11.3 Å². The van der Waals surface area contributed by atoms with Crippen molar-refractivity contribution in [3.05, 3.63) is 29.8 Å². The van der Waals surface area contributed by atoms with Gasteiger partial charge in [-0.25, -0.2) is 8.42 Å². The van der Waals surface area contributed by atoms with Crippen LogP contribution in [0.3, 0.4) is 0 Å². The highest BCUT2D eigenvalue weighted by Gasteiger charge is 2.27. The summed E-state index contributed by atoms with van der Waals surface area (Å²) < 4.78 is 28.2. The number of hydrogen-bond donors (Lipinski definition) is 2. The molecule has 2 atom stereocenters. The van der Waals surface area contributed by atoms with Crippen LogP contribution in [0, 0.1) is 6.92 Å². The molecule has 6 heteroatoms. The van der Waals surface area contributed by atoms with E-state index in [1.807, 2.05) is 31.2 Å². The van der Waals surface area contributed by atoms with Gasteiger partial charge in [0, 0.05) is 12.6 Å². The zero-order valence-corrected chi connectivity index (χ0v) is 12.4. The van der Waals surface area contributed by atoms with Crippen LogP contribution in [0.5, 0.6) is 5.75 Å². The van der Waals surface area contributed by atoms with Crippen molar-refractivity contribution in [2.75, 3.05) is 24.7 Å². The number of aryl methyl sites for hydroxylation is 1. The molecule has 1 saturated heterocycles. The third-order valence-electron chi connectivity index (χ3n) is 3.40. The molecule has 2 N–H and O–H groups in total. The van der Waals surface area contributed by atoms with Crippen molar-refractivity contribution in [3.8, 4) is 5.75 Å². The summed E-state index contributed by atoms with van der Waals surface area (Å²) in [6.45, 7) is 2.48. The maximum Gasteiger partial charge on any atom is 0.151 e. The Hall–Kier alpha value is -1.11. The van der Waals surface area contributed by atoms with Crippen molar-refractivity contribution in [1.29, 1.82) is 0 Å². The first-order valence-corrected chi connectivity index (χ1v) is 8.59. The Kier molecular flexibility index (Phi) is 5.01. The van der Waals surface area contributed by atoms with Gasteiger partial charge >= 0.3 is 0 Å². The van der Waals surface area contributed by atoms with Crippen molar-refractivity contribution in [3.63, 3.8) is 0 Å². The number of benzene rings is 1. The fourth-order valence-corrected chi connectivity index (χ4v) is 3.93. The monoisotopic (exact) mass is 299 g/mol. The van der Waals surface area contributed by atoms with Gasteiger partial charge in [-0.05, 0) is 25.0 Å². The first-order valence-electron chi connectivity index (χ1n) is 6.76. The average molecular weight is 299 g/mol. The maximum atomic E-state index is 11.3. The smallest absolute Gasteiger partial charge is 0.151 e. The molecular weight excluding hydrogens is 278 g/mol. The van der Waals surface area contributed by atoms with Crippen LogP contribution in [0.15, 0.2) is 24.3 Å². The molecule has 1 aromatic rings. The van der Waals surface area contributed by atoms with Gasteiger partial charge in [-0.2, -0.15) is 0 Å². The molecule has 1 fully saturated rings. The minimum atomic E-state index is -2.88. The highest BCUT2D eigenvalue weighted by atomic mass is 32.2. The number of ether oxygens (including phenoxy) is 1. The Morgan fingerprint density at radius 3 is 2.85 bits per heavy atom. The van der Waals surface area contributed by atoms with Crippen LogP contribution in [-0.4, -0.2) is 50.3 Å². The topological polar surface area (TPSA) is 75.6 Å². The SMILES string of the molecule is Cc1ccccc1OCC(O)CNC1CCS(=O)(=O)C1. The second-order valence-corrected chi connectivity index (χ2v) is 7.47. The standard InChI is InChI=1S/C14H21NO4S/c1-11-4-2-3-5-14(11)19-9-13(16)8-15-12-6-7-20(17,18)10-12/h2-5,12-13,15-16H,6-10H2,1H3. The fraction of sp³-hybridized carbons (Fsp3) is 0.571. The van der Waals surface area contributed by atoms with Crippen molar-refractivity contribution < 1.29 is 18.3 Å². The lowest BCUT2D eigenvalue weighted by atomic mass is 10.2. The number of sulfone groups is 1. The lowest BCUT2D eigenvalue weighted by Gasteiger charge is -2.16. The van der Waals surface area contributed by atoms with Crippen molar-refractivity contribution in [2.45, 2.75) is 25.5 Å². The number of rotatable bonds is 6. The van der Waals surface area contributed by atoms with Crippen LogP contribution < -0.4 is 10.1 Å². The largest absolute Gasteiger partial charge is 0.491 e. The molecular formula is C14H21NO4S. The van der Waals surface area contributed by atoms with Gasteiger partial charge in [0.2, 0.25) is 0 Å². The molecule has 0 aromatic heterocycles. The van der Waals surface area contributed by atoms with Gasteiger partial charge in [-0.15, -0.1) is 0 Å². The zero-order chi connectivity index (χ0) is 14.6. The van der Waals surface area contributed by atoms with Gasteiger partial charge in [0.05, 0.1) is 11.5 Å². The van der Waals surface area contributed by atoms with Crippen molar-refractivity contribution >= 4 is 9.84 Å². The second-order valence-electron chi connectivity index (χ2n) is 5.24. The molecule has 0 amide bonds.